The lowest BCUT2D eigenvalue weighted by molar-refractivity contribution is 0.0827. The molecule has 0 aliphatic carbocycles. The van der Waals surface area contributed by atoms with E-state index in [1.807, 2.05) is 36.4 Å². The van der Waals surface area contributed by atoms with Crippen LogP contribution in [-0.2, 0) is 13.0 Å². The minimum atomic E-state index is 0.00435. The Hall–Kier alpha value is -3.33. The third-order valence-corrected chi connectivity index (χ3v) is 4.05. The number of guanidine groups is 1. The summed E-state index contributed by atoms with van der Waals surface area (Å²) >= 11 is 0. The van der Waals surface area contributed by atoms with Crippen molar-refractivity contribution in [2.45, 2.75) is 13.0 Å². The largest absolute Gasteiger partial charge is 0.356 e. The number of nitrogens with zero attached hydrogens (tertiary/aromatic N) is 3. The van der Waals surface area contributed by atoms with Gasteiger partial charge in [-0.3, -0.25) is 9.79 Å². The van der Waals surface area contributed by atoms with Gasteiger partial charge in [-0.1, -0.05) is 24.3 Å². The van der Waals surface area contributed by atoms with E-state index in [4.69, 9.17) is 5.26 Å². The molecule has 27 heavy (non-hydrogen) atoms. The molecule has 2 N–H and O–H groups in total. The second kappa shape index (κ2) is 9.97. The average Bonchev–Trinajstić information content (AvgIpc) is 2.70. The van der Waals surface area contributed by atoms with Gasteiger partial charge < -0.3 is 15.5 Å². The second-order valence-corrected chi connectivity index (χ2v) is 6.31. The number of benzene rings is 2. The summed E-state index contributed by atoms with van der Waals surface area (Å²) in [7, 11) is 5.23. The van der Waals surface area contributed by atoms with Crippen molar-refractivity contribution in [2.75, 3.05) is 27.7 Å². The van der Waals surface area contributed by atoms with Crippen LogP contribution in [0.1, 0.15) is 27.0 Å². The molecule has 6 nitrogen and oxygen atoms in total. The number of carbonyl (C=O) groups is 1. The summed E-state index contributed by atoms with van der Waals surface area (Å²) in [5.41, 5.74) is 3.52. The fourth-order valence-electron chi connectivity index (χ4n) is 2.55. The SMILES string of the molecule is CN=C(NCCc1cccc(C(=O)N(C)C)c1)NCc1ccc(C#N)cc1. The fourth-order valence-corrected chi connectivity index (χ4v) is 2.55. The molecule has 0 aliphatic rings. The normalized spacial score (nSPS) is 10.8. The first kappa shape index (κ1) is 20.0. The molecule has 0 bridgehead atoms. The summed E-state index contributed by atoms with van der Waals surface area (Å²) in [6.45, 7) is 1.32. The van der Waals surface area contributed by atoms with Crippen LogP contribution in [0.5, 0.6) is 0 Å². The first-order chi connectivity index (χ1) is 13.0. The van der Waals surface area contributed by atoms with Crippen LogP contribution in [-0.4, -0.2) is 44.5 Å². The van der Waals surface area contributed by atoms with Crippen LogP contribution >= 0.6 is 0 Å². The van der Waals surface area contributed by atoms with Gasteiger partial charge in [-0.25, -0.2) is 0 Å². The van der Waals surface area contributed by atoms with Gasteiger partial charge in [-0.05, 0) is 41.8 Å². The van der Waals surface area contributed by atoms with Gasteiger partial charge in [-0.2, -0.15) is 5.26 Å². The zero-order chi connectivity index (χ0) is 19.6. The van der Waals surface area contributed by atoms with Crippen LogP contribution in [0.3, 0.4) is 0 Å². The van der Waals surface area contributed by atoms with Crippen LogP contribution in [0.4, 0.5) is 0 Å². The molecule has 0 atom stereocenters. The molecule has 0 heterocycles. The summed E-state index contributed by atoms with van der Waals surface area (Å²) in [6.07, 6.45) is 0.784. The standard InChI is InChI=1S/C21H25N5O/c1-23-21(25-15-18-9-7-17(14-22)8-10-18)24-12-11-16-5-4-6-19(13-16)20(27)26(2)3/h4-10,13H,11-12,15H2,1-3H3,(H2,23,24,25). The van der Waals surface area contributed by atoms with Crippen molar-refractivity contribution < 1.29 is 4.79 Å². The topological polar surface area (TPSA) is 80.5 Å². The Balaban J connectivity index is 1.83. The van der Waals surface area contributed by atoms with Crippen LogP contribution < -0.4 is 10.6 Å². The summed E-state index contributed by atoms with van der Waals surface area (Å²) in [6, 6.07) is 17.2. The minimum Gasteiger partial charge on any atom is -0.356 e. The number of nitrogens with one attached hydrogen (secondary N) is 2. The Morgan fingerprint density at radius 1 is 1.11 bits per heavy atom. The molecule has 0 aromatic heterocycles. The summed E-state index contributed by atoms with van der Waals surface area (Å²) in [4.78, 5) is 17.8. The van der Waals surface area contributed by atoms with Gasteiger partial charge in [0.05, 0.1) is 11.6 Å². The highest BCUT2D eigenvalue weighted by atomic mass is 16.2. The quantitative estimate of drug-likeness (QED) is 0.609. The van der Waals surface area contributed by atoms with E-state index in [0.29, 0.717) is 30.2 Å². The Bertz CT molecular complexity index is 834. The molecule has 140 valence electrons. The van der Waals surface area contributed by atoms with E-state index in [1.165, 1.54) is 0 Å². The van der Waals surface area contributed by atoms with E-state index < -0.39 is 0 Å². The number of aliphatic imine (C=N–C) groups is 1. The van der Waals surface area contributed by atoms with E-state index in [0.717, 1.165) is 17.5 Å². The van der Waals surface area contributed by atoms with E-state index >= 15 is 0 Å². The predicted octanol–water partition coefficient (Wildman–Crippen LogP) is 2.17. The highest BCUT2D eigenvalue weighted by Gasteiger charge is 2.08. The molecular weight excluding hydrogens is 338 g/mol. The van der Waals surface area contributed by atoms with Crippen molar-refractivity contribution in [3.05, 3.63) is 70.8 Å². The van der Waals surface area contributed by atoms with Crippen LogP contribution in [0.25, 0.3) is 0 Å². The molecule has 6 heteroatoms. The smallest absolute Gasteiger partial charge is 0.253 e. The van der Waals surface area contributed by atoms with Crippen LogP contribution in [0.2, 0.25) is 0 Å². The van der Waals surface area contributed by atoms with E-state index in [9.17, 15) is 4.79 Å². The van der Waals surface area contributed by atoms with Crippen LogP contribution in [0.15, 0.2) is 53.5 Å². The van der Waals surface area contributed by atoms with Gasteiger partial charge in [0.15, 0.2) is 5.96 Å². The number of rotatable bonds is 6. The second-order valence-electron chi connectivity index (χ2n) is 6.31. The van der Waals surface area contributed by atoms with Crippen molar-refractivity contribution in [3.63, 3.8) is 0 Å². The van der Waals surface area contributed by atoms with Gasteiger partial charge in [0, 0.05) is 39.8 Å². The highest BCUT2D eigenvalue weighted by Crippen LogP contribution is 2.08. The molecule has 0 aliphatic heterocycles. The van der Waals surface area contributed by atoms with Crippen molar-refractivity contribution in [2.24, 2.45) is 4.99 Å². The highest BCUT2D eigenvalue weighted by molar-refractivity contribution is 5.94. The first-order valence-corrected chi connectivity index (χ1v) is 8.77. The molecule has 0 radical (unpaired) electrons. The predicted molar refractivity (Wildman–Crippen MR) is 108 cm³/mol. The van der Waals surface area contributed by atoms with Crippen molar-refractivity contribution in [1.82, 2.24) is 15.5 Å². The first-order valence-electron chi connectivity index (χ1n) is 8.77. The van der Waals surface area contributed by atoms with Crippen molar-refractivity contribution in [3.8, 4) is 6.07 Å². The molecule has 2 aromatic rings. The van der Waals surface area contributed by atoms with Gasteiger partial charge in [0.2, 0.25) is 0 Å². The monoisotopic (exact) mass is 363 g/mol. The number of hydrogen-bond donors (Lipinski definition) is 2. The number of amides is 1. The third-order valence-electron chi connectivity index (χ3n) is 4.05. The summed E-state index contributed by atoms with van der Waals surface area (Å²) in [5.74, 6) is 0.713. The Kier molecular flexibility index (Phi) is 7.38. The zero-order valence-electron chi connectivity index (χ0n) is 16.0. The maximum absolute atomic E-state index is 12.0. The number of carbonyl (C=O) groups excluding carboxylic acids is 1. The molecule has 0 saturated heterocycles. The van der Waals surface area contributed by atoms with Gasteiger partial charge in [-0.15, -0.1) is 0 Å². The summed E-state index contributed by atoms with van der Waals surface area (Å²) < 4.78 is 0. The van der Waals surface area contributed by atoms with Gasteiger partial charge in [0.25, 0.3) is 5.91 Å². The molecular formula is C21H25N5O. The van der Waals surface area contributed by atoms with Crippen molar-refractivity contribution in [1.29, 1.82) is 5.26 Å². The molecule has 0 spiro atoms. The van der Waals surface area contributed by atoms with Crippen LogP contribution in [0, 0.1) is 11.3 Å². The van der Waals surface area contributed by atoms with E-state index in [-0.39, 0.29) is 5.91 Å². The molecule has 1 amide bonds. The Morgan fingerprint density at radius 3 is 2.48 bits per heavy atom. The molecule has 0 saturated carbocycles. The van der Waals surface area contributed by atoms with Crippen molar-refractivity contribution >= 4 is 11.9 Å². The summed E-state index contributed by atoms with van der Waals surface area (Å²) in [5, 5.41) is 15.4. The van der Waals surface area contributed by atoms with E-state index in [2.05, 4.69) is 21.7 Å². The Morgan fingerprint density at radius 2 is 1.85 bits per heavy atom. The average molecular weight is 363 g/mol. The molecule has 2 aromatic carbocycles. The number of hydrogen-bond acceptors (Lipinski definition) is 3. The fraction of sp³-hybridized carbons (Fsp3) is 0.286. The lowest BCUT2D eigenvalue weighted by Crippen LogP contribution is -2.37. The van der Waals surface area contributed by atoms with Gasteiger partial charge in [0.1, 0.15) is 0 Å². The Labute approximate surface area is 160 Å². The zero-order valence-corrected chi connectivity index (χ0v) is 16.0. The lowest BCUT2D eigenvalue weighted by Gasteiger charge is -2.13. The van der Waals surface area contributed by atoms with Gasteiger partial charge >= 0.3 is 0 Å². The van der Waals surface area contributed by atoms with E-state index in [1.54, 1.807) is 38.2 Å². The third kappa shape index (κ3) is 6.15. The molecule has 0 fully saturated rings. The maximum Gasteiger partial charge on any atom is 0.253 e. The molecule has 0 unspecified atom stereocenters. The number of nitriles is 1. The maximum atomic E-state index is 12.0. The minimum absolute atomic E-state index is 0.00435. The lowest BCUT2D eigenvalue weighted by atomic mass is 10.1. The molecule has 2 rings (SSSR count).